The van der Waals surface area contributed by atoms with Gasteiger partial charge in [0.2, 0.25) is 0 Å². The van der Waals surface area contributed by atoms with Crippen LogP contribution in [0.1, 0.15) is 43.9 Å². The molecule has 0 aliphatic heterocycles. The molecule has 2 unspecified atom stereocenters. The average Bonchev–Trinajstić information content (AvgIpc) is 2.40. The SMILES string of the molecule is CCOC(=O)C(C)Oc1ccc2c(c1)C(O)CCC2. The van der Waals surface area contributed by atoms with Crippen molar-refractivity contribution >= 4 is 5.97 Å². The summed E-state index contributed by atoms with van der Waals surface area (Å²) in [5.41, 5.74) is 2.08. The van der Waals surface area contributed by atoms with Gasteiger partial charge in [0.1, 0.15) is 5.75 Å². The molecule has 1 aliphatic carbocycles. The molecule has 2 rings (SSSR count). The van der Waals surface area contributed by atoms with Gasteiger partial charge in [-0.25, -0.2) is 4.79 Å². The van der Waals surface area contributed by atoms with E-state index < -0.39 is 12.2 Å². The standard InChI is InChI=1S/C15H20O4/c1-3-18-15(17)10(2)19-12-8-7-11-5-4-6-14(16)13(11)9-12/h7-10,14,16H,3-6H2,1-2H3. The van der Waals surface area contributed by atoms with Gasteiger partial charge in [0.05, 0.1) is 12.7 Å². The maximum Gasteiger partial charge on any atom is 0.347 e. The van der Waals surface area contributed by atoms with Crippen molar-refractivity contribution in [1.82, 2.24) is 0 Å². The Morgan fingerprint density at radius 1 is 1.53 bits per heavy atom. The predicted molar refractivity (Wildman–Crippen MR) is 71.1 cm³/mol. The van der Waals surface area contributed by atoms with E-state index in [-0.39, 0.29) is 5.97 Å². The Kier molecular flexibility index (Phi) is 4.43. The summed E-state index contributed by atoms with van der Waals surface area (Å²) < 4.78 is 10.5. The fourth-order valence-corrected chi connectivity index (χ4v) is 2.34. The molecule has 1 aromatic carbocycles. The third-order valence-corrected chi connectivity index (χ3v) is 3.33. The minimum atomic E-state index is -0.640. The summed E-state index contributed by atoms with van der Waals surface area (Å²) >= 11 is 0. The first-order valence-electron chi connectivity index (χ1n) is 6.76. The summed E-state index contributed by atoms with van der Waals surface area (Å²) in [5, 5.41) is 9.97. The van der Waals surface area contributed by atoms with Gasteiger partial charge in [0.15, 0.2) is 6.10 Å². The second-order valence-corrected chi connectivity index (χ2v) is 4.78. The van der Waals surface area contributed by atoms with E-state index in [2.05, 4.69) is 0 Å². The molecule has 0 aromatic heterocycles. The number of hydrogen-bond acceptors (Lipinski definition) is 4. The zero-order valence-corrected chi connectivity index (χ0v) is 11.4. The van der Waals surface area contributed by atoms with E-state index in [4.69, 9.17) is 9.47 Å². The number of hydrogen-bond donors (Lipinski definition) is 1. The van der Waals surface area contributed by atoms with Crippen LogP contribution >= 0.6 is 0 Å². The maximum absolute atomic E-state index is 11.5. The number of carbonyl (C=O) groups is 1. The lowest BCUT2D eigenvalue weighted by molar-refractivity contribution is -0.150. The molecule has 4 heteroatoms. The molecule has 104 valence electrons. The van der Waals surface area contributed by atoms with E-state index in [0.717, 1.165) is 30.4 Å². The second-order valence-electron chi connectivity index (χ2n) is 4.78. The third-order valence-electron chi connectivity index (χ3n) is 3.33. The molecular weight excluding hydrogens is 244 g/mol. The van der Waals surface area contributed by atoms with Crippen LogP contribution in [0.25, 0.3) is 0 Å². The summed E-state index contributed by atoms with van der Waals surface area (Å²) in [6.07, 6.45) is 1.71. The Balaban J connectivity index is 2.09. The van der Waals surface area contributed by atoms with Crippen molar-refractivity contribution in [2.24, 2.45) is 0 Å². The number of esters is 1. The molecule has 1 aromatic rings. The lowest BCUT2D eigenvalue weighted by Crippen LogP contribution is -2.26. The van der Waals surface area contributed by atoms with E-state index in [9.17, 15) is 9.90 Å². The van der Waals surface area contributed by atoms with Crippen molar-refractivity contribution in [3.8, 4) is 5.75 Å². The normalized spacial score (nSPS) is 19.4. The van der Waals surface area contributed by atoms with Gasteiger partial charge in [-0.05, 0) is 56.4 Å². The third kappa shape index (κ3) is 3.26. The van der Waals surface area contributed by atoms with Gasteiger partial charge in [-0.1, -0.05) is 6.07 Å². The summed E-state index contributed by atoms with van der Waals surface area (Å²) in [6.45, 7) is 3.77. The highest BCUT2D eigenvalue weighted by Gasteiger charge is 2.20. The van der Waals surface area contributed by atoms with Gasteiger partial charge in [-0.15, -0.1) is 0 Å². The second kappa shape index (κ2) is 6.06. The topological polar surface area (TPSA) is 55.8 Å². The van der Waals surface area contributed by atoms with E-state index in [1.165, 1.54) is 0 Å². The Labute approximate surface area is 113 Å². The molecule has 4 nitrogen and oxygen atoms in total. The van der Waals surface area contributed by atoms with Crippen molar-refractivity contribution in [2.45, 2.75) is 45.3 Å². The molecule has 0 saturated heterocycles. The van der Waals surface area contributed by atoms with Crippen LogP contribution in [0.3, 0.4) is 0 Å². The molecule has 0 radical (unpaired) electrons. The lowest BCUT2D eigenvalue weighted by Gasteiger charge is -2.22. The quantitative estimate of drug-likeness (QED) is 0.848. The Morgan fingerprint density at radius 3 is 3.05 bits per heavy atom. The largest absolute Gasteiger partial charge is 0.479 e. The highest BCUT2D eigenvalue weighted by molar-refractivity contribution is 5.74. The van der Waals surface area contributed by atoms with Gasteiger partial charge in [0.25, 0.3) is 0 Å². The highest BCUT2D eigenvalue weighted by atomic mass is 16.6. The molecule has 0 amide bonds. The highest BCUT2D eigenvalue weighted by Crippen LogP contribution is 2.32. The molecule has 19 heavy (non-hydrogen) atoms. The number of fused-ring (bicyclic) bond motifs is 1. The number of carbonyl (C=O) groups excluding carboxylic acids is 1. The summed E-state index contributed by atoms with van der Waals surface area (Å²) in [6, 6.07) is 5.63. The number of rotatable bonds is 4. The maximum atomic E-state index is 11.5. The van der Waals surface area contributed by atoms with Crippen LogP contribution in [0.15, 0.2) is 18.2 Å². The summed E-state index contributed by atoms with van der Waals surface area (Å²) in [4.78, 5) is 11.5. The summed E-state index contributed by atoms with van der Waals surface area (Å²) in [5.74, 6) is 0.223. The molecular formula is C15H20O4. The van der Waals surface area contributed by atoms with Crippen LogP contribution in [0.5, 0.6) is 5.75 Å². The molecule has 0 spiro atoms. The van der Waals surface area contributed by atoms with E-state index >= 15 is 0 Å². The van der Waals surface area contributed by atoms with Crippen LogP contribution in [0, 0.1) is 0 Å². The smallest absolute Gasteiger partial charge is 0.347 e. The Hall–Kier alpha value is -1.55. The van der Waals surface area contributed by atoms with E-state index in [1.807, 2.05) is 18.2 Å². The van der Waals surface area contributed by atoms with Gasteiger partial charge >= 0.3 is 5.97 Å². The molecule has 0 fully saturated rings. The van der Waals surface area contributed by atoms with Crippen LogP contribution < -0.4 is 4.74 Å². The molecule has 2 atom stereocenters. The number of ether oxygens (including phenoxy) is 2. The van der Waals surface area contributed by atoms with Crippen molar-refractivity contribution in [3.05, 3.63) is 29.3 Å². The van der Waals surface area contributed by atoms with E-state index in [1.54, 1.807) is 13.8 Å². The first kappa shape index (κ1) is 13.9. The fraction of sp³-hybridized carbons (Fsp3) is 0.533. The Bertz CT molecular complexity index is 455. The number of benzene rings is 1. The number of aliphatic hydroxyl groups excluding tert-OH is 1. The number of aliphatic hydroxyl groups is 1. The first-order chi connectivity index (χ1) is 9.11. The fourth-order valence-electron chi connectivity index (χ4n) is 2.34. The van der Waals surface area contributed by atoms with Crippen molar-refractivity contribution in [3.63, 3.8) is 0 Å². The zero-order chi connectivity index (χ0) is 13.8. The minimum Gasteiger partial charge on any atom is -0.479 e. The van der Waals surface area contributed by atoms with Crippen LogP contribution in [0.2, 0.25) is 0 Å². The van der Waals surface area contributed by atoms with Crippen molar-refractivity contribution in [1.29, 1.82) is 0 Å². The molecule has 0 heterocycles. The van der Waals surface area contributed by atoms with Crippen LogP contribution in [0.4, 0.5) is 0 Å². The van der Waals surface area contributed by atoms with Gasteiger partial charge in [0, 0.05) is 0 Å². The lowest BCUT2D eigenvalue weighted by atomic mass is 9.89. The molecule has 1 aliphatic rings. The van der Waals surface area contributed by atoms with E-state index in [0.29, 0.717) is 12.4 Å². The first-order valence-corrected chi connectivity index (χ1v) is 6.76. The monoisotopic (exact) mass is 264 g/mol. The van der Waals surface area contributed by atoms with Gasteiger partial charge < -0.3 is 14.6 Å². The van der Waals surface area contributed by atoms with Gasteiger partial charge in [-0.3, -0.25) is 0 Å². The summed E-state index contributed by atoms with van der Waals surface area (Å²) in [7, 11) is 0. The predicted octanol–water partition coefficient (Wildman–Crippen LogP) is 2.39. The molecule has 1 N–H and O–H groups in total. The number of aryl methyl sites for hydroxylation is 1. The van der Waals surface area contributed by atoms with Crippen LogP contribution in [-0.2, 0) is 16.0 Å². The Morgan fingerprint density at radius 2 is 2.32 bits per heavy atom. The molecule has 0 bridgehead atoms. The zero-order valence-electron chi connectivity index (χ0n) is 11.4. The van der Waals surface area contributed by atoms with Crippen molar-refractivity contribution < 1.29 is 19.4 Å². The van der Waals surface area contributed by atoms with Crippen molar-refractivity contribution in [2.75, 3.05) is 6.61 Å². The average molecular weight is 264 g/mol. The minimum absolute atomic E-state index is 0.343. The van der Waals surface area contributed by atoms with Crippen LogP contribution in [-0.4, -0.2) is 23.8 Å². The van der Waals surface area contributed by atoms with Gasteiger partial charge in [-0.2, -0.15) is 0 Å². The molecule has 0 saturated carbocycles.